The van der Waals surface area contributed by atoms with Gasteiger partial charge in [0.2, 0.25) is 0 Å². The summed E-state index contributed by atoms with van der Waals surface area (Å²) in [6, 6.07) is 0. The Morgan fingerprint density at radius 1 is 1.26 bits per heavy atom. The molecule has 0 aromatic heterocycles. The fraction of sp³-hybridized carbons (Fsp3) is 0.667. The molecule has 0 rings (SSSR count). The molecule has 0 spiro atoms. The lowest BCUT2D eigenvalue weighted by Gasteiger charge is -2.31. The van der Waals surface area contributed by atoms with E-state index in [0.717, 1.165) is 0 Å². The molecule has 0 amide bonds. The van der Waals surface area contributed by atoms with Crippen LogP contribution in [0.1, 0.15) is 34.6 Å². The predicted octanol–water partition coefficient (Wildman–Crippen LogP) is 3.52. The van der Waals surface area contributed by atoms with Gasteiger partial charge in [0.05, 0.1) is 12.7 Å². The van der Waals surface area contributed by atoms with Crippen LogP contribution in [0.3, 0.4) is 0 Å². The van der Waals surface area contributed by atoms with E-state index in [1.54, 1.807) is 13.8 Å². The highest BCUT2D eigenvalue weighted by molar-refractivity contribution is 6.87. The van der Waals surface area contributed by atoms with Gasteiger partial charge >= 0.3 is 5.97 Å². The Morgan fingerprint density at radius 3 is 2.32 bits per heavy atom. The van der Waals surface area contributed by atoms with Gasteiger partial charge in [-0.1, -0.05) is 39.8 Å². The van der Waals surface area contributed by atoms with Gasteiger partial charge < -0.3 is 9.47 Å². The van der Waals surface area contributed by atoms with Crippen molar-refractivity contribution in [3.63, 3.8) is 0 Å². The van der Waals surface area contributed by atoms with Crippen molar-refractivity contribution >= 4 is 14.0 Å². The molecule has 19 heavy (non-hydrogen) atoms. The summed E-state index contributed by atoms with van der Waals surface area (Å²) in [5.41, 5.74) is 3.35. The number of rotatable bonds is 4. The second-order valence-electron chi connectivity index (χ2n) is 5.97. The third-order valence-electron chi connectivity index (χ3n) is 3.26. The highest BCUT2D eigenvalue weighted by Crippen LogP contribution is 2.34. The van der Waals surface area contributed by atoms with Crippen molar-refractivity contribution in [1.29, 1.82) is 0 Å². The van der Waals surface area contributed by atoms with E-state index < -0.39 is 8.07 Å². The lowest BCUT2D eigenvalue weighted by atomic mass is 10.2. The highest BCUT2D eigenvalue weighted by Gasteiger charge is 2.33. The smallest absolute Gasteiger partial charge is 0.334 e. The van der Waals surface area contributed by atoms with Gasteiger partial charge in [0.1, 0.15) is 20.4 Å². The molecule has 0 aliphatic heterocycles. The Morgan fingerprint density at radius 2 is 1.84 bits per heavy atom. The van der Waals surface area contributed by atoms with Gasteiger partial charge in [0.25, 0.3) is 0 Å². The number of esters is 1. The van der Waals surface area contributed by atoms with E-state index in [1.165, 1.54) is 6.08 Å². The number of carbonyl (C=O) groups is 1. The van der Waals surface area contributed by atoms with Crippen molar-refractivity contribution in [3.05, 3.63) is 11.8 Å². The van der Waals surface area contributed by atoms with Crippen molar-refractivity contribution in [2.24, 2.45) is 0 Å². The molecular weight excluding hydrogens is 256 g/mol. The second kappa shape index (κ2) is 7.39. The maximum atomic E-state index is 11.2. The summed E-state index contributed by atoms with van der Waals surface area (Å²) in [7, 11) is -1.57. The molecule has 0 aromatic carbocycles. The normalized spacial score (nSPS) is 12.5. The zero-order valence-electron chi connectivity index (χ0n) is 13.2. The standard InChI is InChI=1S/C15H26O3Si/c1-8-17-14(16)12-13(2)18-10-9-11-19(6,7)15(3,4)5/h12H,8,10H2,1-7H3/b13-12+. The van der Waals surface area contributed by atoms with Crippen molar-refractivity contribution in [1.82, 2.24) is 0 Å². The fourth-order valence-corrected chi connectivity index (χ4v) is 1.88. The highest BCUT2D eigenvalue weighted by atomic mass is 28.3. The van der Waals surface area contributed by atoms with Crippen molar-refractivity contribution < 1.29 is 14.3 Å². The molecule has 0 fully saturated rings. The average molecular weight is 282 g/mol. The number of carbonyl (C=O) groups excluding carboxylic acids is 1. The monoisotopic (exact) mass is 282 g/mol. The zero-order valence-corrected chi connectivity index (χ0v) is 14.2. The molecule has 0 atom stereocenters. The van der Waals surface area contributed by atoms with E-state index in [1.807, 2.05) is 0 Å². The molecule has 0 radical (unpaired) electrons. The van der Waals surface area contributed by atoms with Crippen LogP contribution in [0.5, 0.6) is 0 Å². The van der Waals surface area contributed by atoms with Crippen LogP contribution < -0.4 is 0 Å². The van der Waals surface area contributed by atoms with Gasteiger partial charge in [-0.2, -0.15) is 0 Å². The summed E-state index contributed by atoms with van der Waals surface area (Å²) in [5, 5.41) is 0.246. The van der Waals surface area contributed by atoms with Gasteiger partial charge in [0.15, 0.2) is 0 Å². The van der Waals surface area contributed by atoms with Gasteiger partial charge in [-0.25, -0.2) is 4.79 Å². The van der Waals surface area contributed by atoms with E-state index in [2.05, 4.69) is 45.3 Å². The molecule has 0 saturated heterocycles. The molecule has 0 bridgehead atoms. The van der Waals surface area contributed by atoms with Crippen LogP contribution in [0.15, 0.2) is 11.8 Å². The maximum absolute atomic E-state index is 11.2. The van der Waals surface area contributed by atoms with Crippen LogP contribution in [0, 0.1) is 11.5 Å². The molecular formula is C15H26O3Si. The predicted molar refractivity (Wildman–Crippen MR) is 81.3 cm³/mol. The molecule has 0 N–H and O–H groups in total. The molecule has 0 heterocycles. The molecule has 0 saturated carbocycles. The Labute approximate surface area is 118 Å². The van der Waals surface area contributed by atoms with Crippen molar-refractivity contribution in [2.45, 2.75) is 52.8 Å². The van der Waals surface area contributed by atoms with Gasteiger partial charge in [-0.3, -0.25) is 0 Å². The largest absolute Gasteiger partial charge is 0.485 e. The molecule has 3 nitrogen and oxygen atoms in total. The van der Waals surface area contributed by atoms with E-state index in [4.69, 9.17) is 9.47 Å². The summed E-state index contributed by atoms with van der Waals surface area (Å²) in [6.45, 7) is 15.4. The molecule has 0 aromatic rings. The molecule has 4 heteroatoms. The lowest BCUT2D eigenvalue weighted by molar-refractivity contribution is -0.137. The summed E-state index contributed by atoms with van der Waals surface area (Å²) >= 11 is 0. The summed E-state index contributed by atoms with van der Waals surface area (Å²) in [5.74, 6) is 3.22. The summed E-state index contributed by atoms with van der Waals surface area (Å²) < 4.78 is 10.2. The number of hydrogen-bond acceptors (Lipinski definition) is 3. The maximum Gasteiger partial charge on any atom is 0.334 e. The van der Waals surface area contributed by atoms with Crippen LogP contribution >= 0.6 is 0 Å². The topological polar surface area (TPSA) is 35.5 Å². The Kier molecular flexibility index (Phi) is 6.92. The summed E-state index contributed by atoms with van der Waals surface area (Å²) in [4.78, 5) is 11.2. The first-order valence-electron chi connectivity index (χ1n) is 6.58. The first-order valence-corrected chi connectivity index (χ1v) is 9.58. The lowest BCUT2D eigenvalue weighted by Crippen LogP contribution is -2.35. The number of hydrogen-bond donors (Lipinski definition) is 0. The van der Waals surface area contributed by atoms with Crippen molar-refractivity contribution in [2.75, 3.05) is 13.2 Å². The van der Waals surface area contributed by atoms with E-state index in [-0.39, 0.29) is 11.0 Å². The Balaban J connectivity index is 4.36. The molecule has 0 aliphatic rings. The zero-order chi connectivity index (χ0) is 15.1. The Bertz CT molecular complexity index is 392. The van der Waals surface area contributed by atoms with Crippen LogP contribution in [0.2, 0.25) is 18.1 Å². The second-order valence-corrected chi connectivity index (χ2v) is 11.0. The SMILES string of the molecule is CCOC(=O)/C=C(\C)OCC#C[Si](C)(C)C(C)(C)C. The Hall–Kier alpha value is -1.21. The van der Waals surface area contributed by atoms with Crippen molar-refractivity contribution in [3.8, 4) is 11.5 Å². The molecule has 108 valence electrons. The molecule has 0 unspecified atom stereocenters. The minimum atomic E-state index is -1.57. The minimum Gasteiger partial charge on any atom is -0.485 e. The average Bonchev–Trinajstić information content (AvgIpc) is 2.23. The minimum absolute atomic E-state index is 0.246. The first kappa shape index (κ1) is 17.8. The number of allylic oxidation sites excluding steroid dienone is 1. The van der Waals surface area contributed by atoms with Gasteiger partial charge in [-0.05, 0) is 18.9 Å². The van der Waals surface area contributed by atoms with Gasteiger partial charge in [-0.15, -0.1) is 5.54 Å². The van der Waals surface area contributed by atoms with Gasteiger partial charge in [0, 0.05) is 0 Å². The summed E-state index contributed by atoms with van der Waals surface area (Å²) in [6.07, 6.45) is 1.34. The molecule has 0 aliphatic carbocycles. The van der Waals surface area contributed by atoms with Crippen LogP contribution in [-0.2, 0) is 14.3 Å². The van der Waals surface area contributed by atoms with Crippen LogP contribution in [0.25, 0.3) is 0 Å². The fourth-order valence-electron chi connectivity index (χ4n) is 0.986. The van der Waals surface area contributed by atoms with Crippen LogP contribution in [0.4, 0.5) is 0 Å². The quantitative estimate of drug-likeness (QED) is 0.260. The third-order valence-corrected chi connectivity index (χ3v) is 7.81. The number of ether oxygens (including phenoxy) is 2. The van der Waals surface area contributed by atoms with E-state index >= 15 is 0 Å². The van der Waals surface area contributed by atoms with E-state index in [9.17, 15) is 4.79 Å². The van der Waals surface area contributed by atoms with E-state index in [0.29, 0.717) is 19.0 Å². The third kappa shape index (κ3) is 7.07. The van der Waals surface area contributed by atoms with Crippen LogP contribution in [-0.4, -0.2) is 27.3 Å². The first-order chi connectivity index (χ1) is 8.60.